The number of hydrogen-bond acceptors (Lipinski definition) is 5. The van der Waals surface area contributed by atoms with Gasteiger partial charge in [0.25, 0.3) is 5.91 Å². The molecule has 1 aromatic rings. The zero-order valence-electron chi connectivity index (χ0n) is 15.2. The Morgan fingerprint density at radius 3 is 2.56 bits per heavy atom. The van der Waals surface area contributed by atoms with Crippen molar-refractivity contribution in [2.45, 2.75) is 51.5 Å². The van der Waals surface area contributed by atoms with Crippen LogP contribution in [0.5, 0.6) is 0 Å². The van der Waals surface area contributed by atoms with Gasteiger partial charge >= 0.3 is 12.0 Å². The number of amides is 3. The number of nitrogens with one attached hydrogen (secondary N) is 2. The number of carbonyl (C=O) groups is 3. The van der Waals surface area contributed by atoms with Crippen molar-refractivity contribution in [3.05, 3.63) is 29.3 Å². The number of imide groups is 1. The van der Waals surface area contributed by atoms with Crippen molar-refractivity contribution in [1.29, 1.82) is 0 Å². The maximum Gasteiger partial charge on any atom is 0.321 e. The normalized spacial score (nSPS) is 11.5. The Hall–Kier alpha value is -2.02. The molecule has 0 aromatic heterocycles. The summed E-state index contributed by atoms with van der Waals surface area (Å²) in [5.74, 6) is -0.540. The molecule has 0 fully saturated rings. The molecule has 0 aliphatic rings. The maximum atomic E-state index is 11.7. The summed E-state index contributed by atoms with van der Waals surface area (Å²) in [7, 11) is 0. The molecule has 25 heavy (non-hydrogen) atoms. The Bertz CT molecular complexity index is 619. The number of rotatable bonds is 8. The summed E-state index contributed by atoms with van der Waals surface area (Å²) in [6.07, 6.45) is 0.957. The van der Waals surface area contributed by atoms with E-state index in [1.165, 1.54) is 11.1 Å². The molecular weight excluding hydrogens is 340 g/mol. The molecule has 0 aliphatic heterocycles. The van der Waals surface area contributed by atoms with E-state index in [4.69, 9.17) is 4.74 Å². The predicted molar refractivity (Wildman–Crippen MR) is 98.6 cm³/mol. The van der Waals surface area contributed by atoms with Gasteiger partial charge in [0.1, 0.15) is 0 Å². The fourth-order valence-electron chi connectivity index (χ4n) is 1.80. The molecule has 7 heteroatoms. The second kappa shape index (κ2) is 10.8. The van der Waals surface area contributed by atoms with Gasteiger partial charge in [-0.1, -0.05) is 13.0 Å². The summed E-state index contributed by atoms with van der Waals surface area (Å²) >= 11 is 1.56. The first-order valence-electron chi connectivity index (χ1n) is 8.27. The smallest absolute Gasteiger partial charge is 0.321 e. The second-order valence-electron chi connectivity index (χ2n) is 5.84. The van der Waals surface area contributed by atoms with Crippen molar-refractivity contribution in [2.24, 2.45) is 0 Å². The van der Waals surface area contributed by atoms with E-state index in [9.17, 15) is 14.4 Å². The standard InChI is InChI=1S/C18H26N2O4S/c1-5-14(4)19-18(23)20-16(21)11-24-17(22)8-9-25-15-7-6-12(2)13(3)10-15/h6-7,10,14H,5,8-9,11H2,1-4H3,(H2,19,20,21,23)/t14-/m1/s1. The van der Waals surface area contributed by atoms with Crippen LogP contribution in [0.25, 0.3) is 0 Å². The van der Waals surface area contributed by atoms with Crippen molar-refractivity contribution in [2.75, 3.05) is 12.4 Å². The zero-order valence-corrected chi connectivity index (χ0v) is 16.0. The zero-order chi connectivity index (χ0) is 18.8. The summed E-state index contributed by atoms with van der Waals surface area (Å²) in [6.45, 7) is 7.39. The van der Waals surface area contributed by atoms with Crippen molar-refractivity contribution < 1.29 is 19.1 Å². The van der Waals surface area contributed by atoms with Gasteiger partial charge in [0.15, 0.2) is 6.61 Å². The lowest BCUT2D eigenvalue weighted by atomic mass is 10.1. The van der Waals surface area contributed by atoms with Gasteiger partial charge in [-0.2, -0.15) is 0 Å². The topological polar surface area (TPSA) is 84.5 Å². The molecule has 0 saturated heterocycles. The predicted octanol–water partition coefficient (Wildman–Crippen LogP) is 2.95. The van der Waals surface area contributed by atoms with E-state index in [2.05, 4.69) is 23.6 Å². The van der Waals surface area contributed by atoms with Gasteiger partial charge in [-0.25, -0.2) is 4.79 Å². The Kier molecular flexibility index (Phi) is 9.05. The Morgan fingerprint density at radius 2 is 1.92 bits per heavy atom. The Morgan fingerprint density at radius 1 is 1.20 bits per heavy atom. The van der Waals surface area contributed by atoms with Crippen LogP contribution in [0.1, 0.15) is 37.8 Å². The number of benzene rings is 1. The number of hydrogen-bond donors (Lipinski definition) is 2. The molecule has 0 spiro atoms. The monoisotopic (exact) mass is 366 g/mol. The average Bonchev–Trinajstić information content (AvgIpc) is 2.56. The molecule has 6 nitrogen and oxygen atoms in total. The minimum atomic E-state index is -0.643. The number of carbonyl (C=O) groups excluding carboxylic acids is 3. The highest BCUT2D eigenvalue weighted by molar-refractivity contribution is 7.99. The van der Waals surface area contributed by atoms with Crippen molar-refractivity contribution in [1.82, 2.24) is 10.6 Å². The third-order valence-electron chi connectivity index (χ3n) is 3.66. The van der Waals surface area contributed by atoms with Gasteiger partial charge in [-0.15, -0.1) is 11.8 Å². The largest absolute Gasteiger partial charge is 0.456 e. The number of urea groups is 1. The summed E-state index contributed by atoms with van der Waals surface area (Å²) in [6, 6.07) is 5.53. The molecule has 0 saturated carbocycles. The second-order valence-corrected chi connectivity index (χ2v) is 7.00. The van der Waals surface area contributed by atoms with Crippen LogP contribution in [0.2, 0.25) is 0 Å². The Labute approximate surface area is 153 Å². The lowest BCUT2D eigenvalue weighted by molar-refractivity contribution is -0.147. The molecule has 0 radical (unpaired) electrons. The molecule has 2 N–H and O–H groups in total. The average molecular weight is 366 g/mol. The SMILES string of the molecule is CC[C@@H](C)NC(=O)NC(=O)COC(=O)CCSc1ccc(C)c(C)c1. The van der Waals surface area contributed by atoms with E-state index in [-0.39, 0.29) is 12.5 Å². The quantitative estimate of drug-likeness (QED) is 0.546. The molecular formula is C18H26N2O4S. The van der Waals surface area contributed by atoms with Crippen LogP contribution < -0.4 is 10.6 Å². The summed E-state index contributed by atoms with van der Waals surface area (Å²) < 4.78 is 4.87. The first-order valence-corrected chi connectivity index (χ1v) is 9.26. The summed E-state index contributed by atoms with van der Waals surface area (Å²) in [5, 5.41) is 4.72. The fourth-order valence-corrected chi connectivity index (χ4v) is 2.73. The van der Waals surface area contributed by atoms with E-state index < -0.39 is 24.5 Å². The Balaban J connectivity index is 2.22. The molecule has 3 amide bonds. The van der Waals surface area contributed by atoms with Crippen LogP contribution in [0.4, 0.5) is 4.79 Å². The number of thioether (sulfide) groups is 1. The van der Waals surface area contributed by atoms with Crippen molar-refractivity contribution in [3.63, 3.8) is 0 Å². The van der Waals surface area contributed by atoms with E-state index >= 15 is 0 Å². The lowest BCUT2D eigenvalue weighted by Gasteiger charge is -2.11. The van der Waals surface area contributed by atoms with Gasteiger partial charge in [-0.05, 0) is 50.5 Å². The van der Waals surface area contributed by atoms with Crippen LogP contribution in [0.3, 0.4) is 0 Å². The highest BCUT2D eigenvalue weighted by Crippen LogP contribution is 2.21. The van der Waals surface area contributed by atoms with E-state index in [0.29, 0.717) is 5.75 Å². The first kappa shape index (κ1) is 21.0. The van der Waals surface area contributed by atoms with Crippen molar-refractivity contribution in [3.8, 4) is 0 Å². The van der Waals surface area contributed by atoms with Crippen LogP contribution in [0, 0.1) is 13.8 Å². The van der Waals surface area contributed by atoms with Gasteiger partial charge in [-0.3, -0.25) is 14.9 Å². The molecule has 1 rings (SSSR count). The third-order valence-corrected chi connectivity index (χ3v) is 4.66. The molecule has 0 heterocycles. The molecule has 0 bridgehead atoms. The first-order chi connectivity index (χ1) is 11.8. The number of aryl methyl sites for hydroxylation is 2. The van der Waals surface area contributed by atoms with Crippen LogP contribution >= 0.6 is 11.8 Å². The summed E-state index contributed by atoms with van der Waals surface area (Å²) in [4.78, 5) is 35.7. The van der Waals surface area contributed by atoms with Crippen LogP contribution in [-0.2, 0) is 14.3 Å². The minimum absolute atomic E-state index is 0.0298. The molecule has 1 atom stereocenters. The van der Waals surface area contributed by atoms with Gasteiger partial charge in [0.2, 0.25) is 0 Å². The molecule has 0 unspecified atom stereocenters. The highest BCUT2D eigenvalue weighted by atomic mass is 32.2. The molecule has 138 valence electrons. The maximum absolute atomic E-state index is 11.7. The lowest BCUT2D eigenvalue weighted by Crippen LogP contribution is -2.44. The van der Waals surface area contributed by atoms with E-state index in [1.54, 1.807) is 11.8 Å². The van der Waals surface area contributed by atoms with E-state index in [1.807, 2.05) is 32.9 Å². The molecule has 1 aromatic carbocycles. The molecule has 0 aliphatic carbocycles. The number of esters is 1. The highest BCUT2D eigenvalue weighted by Gasteiger charge is 2.12. The van der Waals surface area contributed by atoms with Crippen molar-refractivity contribution >= 4 is 29.7 Å². The number of ether oxygens (including phenoxy) is 1. The minimum Gasteiger partial charge on any atom is -0.456 e. The van der Waals surface area contributed by atoms with Crippen LogP contribution in [0.15, 0.2) is 23.1 Å². The fraction of sp³-hybridized carbons (Fsp3) is 0.500. The van der Waals surface area contributed by atoms with Gasteiger partial charge < -0.3 is 10.1 Å². The third kappa shape index (κ3) is 8.58. The summed E-state index contributed by atoms with van der Waals surface area (Å²) in [5.41, 5.74) is 2.44. The van der Waals surface area contributed by atoms with Crippen LogP contribution in [-0.4, -0.2) is 36.3 Å². The van der Waals surface area contributed by atoms with E-state index in [0.717, 1.165) is 11.3 Å². The van der Waals surface area contributed by atoms with Gasteiger partial charge in [0.05, 0.1) is 6.42 Å². The van der Waals surface area contributed by atoms with Gasteiger partial charge in [0, 0.05) is 16.7 Å².